The molecule has 0 saturated carbocycles. The lowest BCUT2D eigenvalue weighted by Crippen LogP contribution is -3.00. The molecular formula is C35H37ClNO4P. The van der Waals surface area contributed by atoms with Crippen molar-refractivity contribution < 1.29 is 31.1 Å². The van der Waals surface area contributed by atoms with E-state index in [1.54, 1.807) is 12.5 Å². The fraction of sp³-hybridized carbons (Fsp3) is 0.229. The van der Waals surface area contributed by atoms with Gasteiger partial charge in [0.15, 0.2) is 0 Å². The molecule has 2 aromatic heterocycles. The van der Waals surface area contributed by atoms with Gasteiger partial charge >= 0.3 is 5.97 Å². The summed E-state index contributed by atoms with van der Waals surface area (Å²) in [4.78, 5) is 10.7. The van der Waals surface area contributed by atoms with Crippen LogP contribution >= 0.6 is 7.26 Å². The van der Waals surface area contributed by atoms with E-state index in [9.17, 15) is 4.79 Å². The zero-order chi connectivity index (χ0) is 28.3. The molecule has 7 heteroatoms. The van der Waals surface area contributed by atoms with Crippen LogP contribution in [0.1, 0.15) is 24.4 Å². The van der Waals surface area contributed by atoms with Crippen LogP contribution in [0.25, 0.3) is 0 Å². The minimum atomic E-state index is -1.75. The van der Waals surface area contributed by atoms with Crippen LogP contribution in [0.5, 0.6) is 0 Å². The summed E-state index contributed by atoms with van der Waals surface area (Å²) in [6, 6.07) is 40.5. The Kier molecular flexibility index (Phi) is 11.6. The van der Waals surface area contributed by atoms with Crippen LogP contribution < -0.4 is 33.6 Å². The van der Waals surface area contributed by atoms with Crippen molar-refractivity contribution in [3.05, 3.63) is 139 Å². The smallest absolute Gasteiger partial charge is 0.320 e. The Hall–Kier alpha value is -3.63. The van der Waals surface area contributed by atoms with Gasteiger partial charge in [-0.3, -0.25) is 4.79 Å². The number of carbonyl (C=O) groups is 1. The van der Waals surface area contributed by atoms with Gasteiger partial charge in [-0.2, -0.15) is 0 Å². The molecule has 0 aliphatic carbocycles. The molecule has 1 saturated heterocycles. The highest BCUT2D eigenvalue weighted by atomic mass is 35.5. The molecule has 5 nitrogen and oxygen atoms in total. The molecule has 1 aliphatic heterocycles. The summed E-state index contributed by atoms with van der Waals surface area (Å²) >= 11 is 0. The van der Waals surface area contributed by atoms with Crippen LogP contribution in [-0.2, 0) is 17.6 Å². The van der Waals surface area contributed by atoms with Gasteiger partial charge in [0, 0.05) is 12.8 Å². The van der Waals surface area contributed by atoms with Crippen LogP contribution in [0, 0.1) is 5.92 Å². The molecule has 1 fully saturated rings. The van der Waals surface area contributed by atoms with Crippen LogP contribution in [0.15, 0.2) is 137 Å². The topological polar surface area (TPSA) is 75.6 Å². The normalized spacial score (nSPS) is 16.2. The fourth-order valence-electron chi connectivity index (χ4n) is 5.63. The van der Waals surface area contributed by atoms with Crippen molar-refractivity contribution >= 4 is 29.1 Å². The first-order chi connectivity index (χ1) is 20.1. The summed E-state index contributed by atoms with van der Waals surface area (Å²) in [5.74, 6) is 1.75. The number of aliphatic carboxylic acids is 1. The maximum Gasteiger partial charge on any atom is 0.320 e. The maximum atomic E-state index is 10.7. The molecule has 42 heavy (non-hydrogen) atoms. The summed E-state index contributed by atoms with van der Waals surface area (Å²) < 4.78 is 10.9. The number of hydrogen-bond donors (Lipinski definition) is 2. The number of halogens is 1. The van der Waals surface area contributed by atoms with Crippen molar-refractivity contribution in [3.8, 4) is 0 Å². The Labute approximate surface area is 254 Å². The number of aryl methyl sites for hydroxylation is 2. The van der Waals surface area contributed by atoms with Crippen molar-refractivity contribution in [2.24, 2.45) is 5.92 Å². The Morgan fingerprint density at radius 1 is 0.714 bits per heavy atom. The number of carboxylic acids is 1. The van der Waals surface area contributed by atoms with E-state index >= 15 is 0 Å². The highest BCUT2D eigenvalue weighted by molar-refractivity contribution is 7.95. The number of furan rings is 2. The third kappa shape index (κ3) is 7.80. The Balaban J connectivity index is 0.000000216. The fourth-order valence-corrected chi connectivity index (χ4v) is 9.90. The van der Waals surface area contributed by atoms with Crippen molar-refractivity contribution in [3.63, 3.8) is 0 Å². The molecule has 0 radical (unpaired) electrons. The first-order valence-electron chi connectivity index (χ1n) is 14.2. The van der Waals surface area contributed by atoms with Gasteiger partial charge in [-0.25, -0.2) is 0 Å². The van der Waals surface area contributed by atoms with E-state index in [1.807, 2.05) is 18.2 Å². The molecule has 0 amide bonds. The number of rotatable bonds is 10. The Bertz CT molecular complexity index is 1350. The first-order valence-corrected chi connectivity index (χ1v) is 16.2. The highest BCUT2D eigenvalue weighted by Crippen LogP contribution is 2.55. The summed E-state index contributed by atoms with van der Waals surface area (Å²) in [5, 5.41) is 16.1. The van der Waals surface area contributed by atoms with E-state index in [2.05, 4.69) is 102 Å². The lowest BCUT2D eigenvalue weighted by molar-refractivity contribution is -0.139. The van der Waals surface area contributed by atoms with E-state index in [4.69, 9.17) is 13.9 Å². The van der Waals surface area contributed by atoms with Gasteiger partial charge in [0.1, 0.15) is 40.7 Å². The lowest BCUT2D eigenvalue weighted by atomic mass is 9.99. The molecular weight excluding hydrogens is 565 g/mol. The van der Waals surface area contributed by atoms with Gasteiger partial charge < -0.3 is 31.7 Å². The lowest BCUT2D eigenvalue weighted by Gasteiger charge is -2.27. The van der Waals surface area contributed by atoms with Gasteiger partial charge in [0.2, 0.25) is 0 Å². The second-order valence-corrected chi connectivity index (χ2v) is 14.0. The average molecular weight is 602 g/mol. The van der Waals surface area contributed by atoms with Gasteiger partial charge in [0.05, 0.1) is 18.7 Å². The van der Waals surface area contributed by atoms with Crippen molar-refractivity contribution in [2.75, 3.05) is 12.7 Å². The summed E-state index contributed by atoms with van der Waals surface area (Å²) in [6.07, 6.45) is 8.04. The van der Waals surface area contributed by atoms with Crippen LogP contribution in [0.3, 0.4) is 0 Å². The van der Waals surface area contributed by atoms with E-state index in [0.717, 1.165) is 49.9 Å². The predicted octanol–water partition coefficient (Wildman–Crippen LogP) is 3.10. The number of nitrogens with one attached hydrogen (secondary N) is 1. The summed E-state index contributed by atoms with van der Waals surface area (Å²) in [7, 11) is -1.75. The van der Waals surface area contributed by atoms with E-state index < -0.39 is 13.2 Å². The molecule has 2 atom stereocenters. The highest BCUT2D eigenvalue weighted by Gasteiger charge is 2.44. The minimum absolute atomic E-state index is 0. The van der Waals surface area contributed by atoms with Crippen molar-refractivity contribution in [1.82, 2.24) is 5.32 Å². The second kappa shape index (κ2) is 15.6. The van der Waals surface area contributed by atoms with Gasteiger partial charge in [-0.15, -0.1) is 0 Å². The third-order valence-corrected chi connectivity index (χ3v) is 12.2. The molecule has 3 heterocycles. The van der Waals surface area contributed by atoms with Crippen molar-refractivity contribution in [2.45, 2.75) is 31.7 Å². The van der Waals surface area contributed by atoms with E-state index in [0.29, 0.717) is 5.92 Å². The molecule has 218 valence electrons. The summed E-state index contributed by atoms with van der Waals surface area (Å²) in [6.45, 7) is 0.803. The number of benzene rings is 3. The van der Waals surface area contributed by atoms with E-state index in [-0.39, 0.29) is 18.4 Å². The zero-order valence-corrected chi connectivity index (χ0v) is 25.2. The predicted molar refractivity (Wildman–Crippen MR) is 167 cm³/mol. The molecule has 5 aromatic rings. The molecule has 3 aromatic carbocycles. The monoisotopic (exact) mass is 601 g/mol. The SMILES string of the molecule is O=C(O)[C@@H]1C[C@H](CCc2ccco2)CN1.[Cl-].c1ccc([P+](CCc2ccco2)(c2ccccc2)c2ccccc2)cc1. The molecule has 6 rings (SSSR count). The minimum Gasteiger partial charge on any atom is -1.00 e. The zero-order valence-electron chi connectivity index (χ0n) is 23.5. The van der Waals surface area contributed by atoms with Gasteiger partial charge in [-0.05, 0) is 86.0 Å². The average Bonchev–Trinajstić information content (AvgIpc) is 3.82. The number of carboxylic acid groups (broad SMARTS) is 1. The first kappa shape index (κ1) is 31.3. The molecule has 0 spiro atoms. The Morgan fingerprint density at radius 2 is 1.19 bits per heavy atom. The van der Waals surface area contributed by atoms with Gasteiger partial charge in [-0.1, -0.05) is 54.6 Å². The Morgan fingerprint density at radius 3 is 1.60 bits per heavy atom. The van der Waals surface area contributed by atoms with Crippen LogP contribution in [-0.4, -0.2) is 29.8 Å². The largest absolute Gasteiger partial charge is 1.00 e. The summed E-state index contributed by atoms with van der Waals surface area (Å²) in [5.41, 5.74) is 0. The second-order valence-electron chi connectivity index (χ2n) is 10.4. The van der Waals surface area contributed by atoms with Crippen LogP contribution in [0.2, 0.25) is 0 Å². The van der Waals surface area contributed by atoms with Crippen LogP contribution in [0.4, 0.5) is 0 Å². The standard InChI is InChI=1S/C24H22OP.C11H15NO3.ClH/c1-4-12-22(13-5-1)26(23-14-6-2-7-15-23,24-16-8-3-9-17-24)20-18-21-11-10-19-25-21;13-11(14)10-6-8(7-12-10)3-4-9-2-1-5-15-9;/h1-17,19H,18,20H2;1-2,5,8,10,12H,3-4,6-7H2,(H,13,14);1H/q+1;;/p-1/t;8-,10-;/m.0./s1. The third-order valence-electron chi connectivity index (χ3n) is 7.76. The molecule has 0 bridgehead atoms. The quantitative estimate of drug-likeness (QED) is 0.241. The number of hydrogen-bond acceptors (Lipinski definition) is 4. The molecule has 2 N–H and O–H groups in total. The molecule has 0 unspecified atom stereocenters. The molecule has 1 aliphatic rings. The van der Waals surface area contributed by atoms with E-state index in [1.165, 1.54) is 15.9 Å². The maximum absolute atomic E-state index is 10.7. The van der Waals surface area contributed by atoms with Gasteiger partial charge in [0.25, 0.3) is 0 Å². The van der Waals surface area contributed by atoms with Crippen molar-refractivity contribution in [1.29, 1.82) is 0 Å².